The standard InChI is InChI=1S/C14H21F3N6O/c1-10-8-22(4-5-23(10)9-14(15,16)17)13(24)20-11-6-18-12(19-7-11)21(2)3/h6-7,10H,4-5,8-9H2,1-3H3,(H,20,24). The van der Waals surface area contributed by atoms with E-state index in [0.29, 0.717) is 11.6 Å². The Kier molecular flexibility index (Phi) is 5.47. The monoisotopic (exact) mass is 346 g/mol. The second kappa shape index (κ2) is 7.20. The molecule has 1 saturated heterocycles. The van der Waals surface area contributed by atoms with Crippen molar-refractivity contribution in [1.29, 1.82) is 0 Å². The van der Waals surface area contributed by atoms with Crippen molar-refractivity contribution in [2.24, 2.45) is 0 Å². The fourth-order valence-corrected chi connectivity index (χ4v) is 2.46. The van der Waals surface area contributed by atoms with Gasteiger partial charge in [0.1, 0.15) is 0 Å². The van der Waals surface area contributed by atoms with Crippen molar-refractivity contribution >= 4 is 17.7 Å². The zero-order chi connectivity index (χ0) is 17.9. The number of urea groups is 1. The first-order valence-electron chi connectivity index (χ1n) is 7.52. The maximum absolute atomic E-state index is 12.5. The number of carbonyl (C=O) groups is 1. The summed E-state index contributed by atoms with van der Waals surface area (Å²) in [5, 5.41) is 2.66. The Morgan fingerprint density at radius 3 is 2.46 bits per heavy atom. The van der Waals surface area contributed by atoms with E-state index in [2.05, 4.69) is 15.3 Å². The molecule has 24 heavy (non-hydrogen) atoms. The number of aromatic nitrogens is 2. The van der Waals surface area contributed by atoms with E-state index in [-0.39, 0.29) is 31.7 Å². The fraction of sp³-hybridized carbons (Fsp3) is 0.643. The summed E-state index contributed by atoms with van der Waals surface area (Å²) in [6, 6.07) is -0.729. The summed E-state index contributed by atoms with van der Waals surface area (Å²) in [5.41, 5.74) is 0.441. The topological polar surface area (TPSA) is 64.6 Å². The highest BCUT2D eigenvalue weighted by atomic mass is 19.4. The first-order chi connectivity index (χ1) is 11.2. The van der Waals surface area contributed by atoms with Crippen molar-refractivity contribution in [3.63, 3.8) is 0 Å². The largest absolute Gasteiger partial charge is 0.401 e. The van der Waals surface area contributed by atoms with Gasteiger partial charge in [0, 0.05) is 39.8 Å². The molecule has 1 N–H and O–H groups in total. The van der Waals surface area contributed by atoms with E-state index in [4.69, 9.17) is 0 Å². The summed E-state index contributed by atoms with van der Waals surface area (Å²) in [4.78, 5) is 25.0. The summed E-state index contributed by atoms with van der Waals surface area (Å²) in [6.07, 6.45) is -1.25. The van der Waals surface area contributed by atoms with E-state index in [1.807, 2.05) is 0 Å². The van der Waals surface area contributed by atoms with Gasteiger partial charge >= 0.3 is 12.2 Å². The zero-order valence-electron chi connectivity index (χ0n) is 13.8. The minimum absolute atomic E-state index is 0.185. The third-order valence-corrected chi connectivity index (χ3v) is 3.72. The van der Waals surface area contributed by atoms with E-state index in [1.54, 1.807) is 25.9 Å². The molecule has 0 aliphatic carbocycles. The summed E-state index contributed by atoms with van der Waals surface area (Å²) in [7, 11) is 3.60. The number of carbonyl (C=O) groups excluding carboxylic acids is 1. The normalized spacial score (nSPS) is 19.2. The van der Waals surface area contributed by atoms with Gasteiger partial charge in [-0.15, -0.1) is 0 Å². The van der Waals surface area contributed by atoms with E-state index in [1.165, 1.54) is 22.2 Å². The van der Waals surface area contributed by atoms with E-state index >= 15 is 0 Å². The Morgan fingerprint density at radius 1 is 1.33 bits per heavy atom. The second-order valence-corrected chi connectivity index (χ2v) is 5.98. The second-order valence-electron chi connectivity index (χ2n) is 5.98. The molecule has 134 valence electrons. The molecule has 2 rings (SSSR count). The van der Waals surface area contributed by atoms with Crippen LogP contribution in [-0.4, -0.2) is 78.3 Å². The molecule has 0 radical (unpaired) electrons. The number of piperazine rings is 1. The number of rotatable bonds is 3. The molecule has 7 nitrogen and oxygen atoms in total. The molecule has 1 aromatic rings. The molecule has 0 aromatic carbocycles. The molecule has 1 aliphatic rings. The third-order valence-electron chi connectivity index (χ3n) is 3.72. The maximum atomic E-state index is 12.5. The van der Waals surface area contributed by atoms with Gasteiger partial charge in [0.2, 0.25) is 5.95 Å². The van der Waals surface area contributed by atoms with Crippen LogP contribution in [0.4, 0.5) is 29.6 Å². The van der Waals surface area contributed by atoms with Gasteiger partial charge in [-0.1, -0.05) is 0 Å². The van der Waals surface area contributed by atoms with Crippen LogP contribution >= 0.6 is 0 Å². The van der Waals surface area contributed by atoms with Crippen LogP contribution in [0.25, 0.3) is 0 Å². The zero-order valence-corrected chi connectivity index (χ0v) is 13.8. The molecule has 1 unspecified atom stereocenters. The Balaban J connectivity index is 1.90. The number of amides is 2. The molecule has 2 amide bonds. The molecular weight excluding hydrogens is 325 g/mol. The highest BCUT2D eigenvalue weighted by Gasteiger charge is 2.35. The number of hydrogen-bond donors (Lipinski definition) is 1. The van der Waals surface area contributed by atoms with Gasteiger partial charge in [-0.25, -0.2) is 14.8 Å². The Hall–Kier alpha value is -2.10. The first kappa shape index (κ1) is 18.2. The third kappa shape index (κ3) is 4.95. The molecule has 1 aromatic heterocycles. The lowest BCUT2D eigenvalue weighted by molar-refractivity contribution is -0.153. The smallest absolute Gasteiger partial charge is 0.347 e. The van der Waals surface area contributed by atoms with E-state index < -0.39 is 12.7 Å². The average molecular weight is 346 g/mol. The number of hydrogen-bond acceptors (Lipinski definition) is 5. The quantitative estimate of drug-likeness (QED) is 0.901. The fourth-order valence-electron chi connectivity index (χ4n) is 2.46. The van der Waals surface area contributed by atoms with Gasteiger partial charge in [0.25, 0.3) is 0 Å². The molecule has 0 bridgehead atoms. The van der Waals surface area contributed by atoms with Crippen LogP contribution in [0, 0.1) is 0 Å². The van der Waals surface area contributed by atoms with Crippen molar-refractivity contribution in [2.75, 3.05) is 50.5 Å². The molecule has 2 heterocycles. The molecule has 1 atom stereocenters. The summed E-state index contributed by atoms with van der Waals surface area (Å²) in [6.45, 7) is 1.38. The lowest BCUT2D eigenvalue weighted by atomic mass is 10.2. The van der Waals surface area contributed by atoms with Crippen molar-refractivity contribution < 1.29 is 18.0 Å². The van der Waals surface area contributed by atoms with Gasteiger partial charge in [0.05, 0.1) is 24.6 Å². The first-order valence-corrected chi connectivity index (χ1v) is 7.52. The number of alkyl halides is 3. The van der Waals surface area contributed by atoms with Crippen LogP contribution in [0.1, 0.15) is 6.92 Å². The van der Waals surface area contributed by atoms with Crippen LogP contribution in [0.2, 0.25) is 0 Å². The van der Waals surface area contributed by atoms with Crippen LogP contribution < -0.4 is 10.2 Å². The van der Waals surface area contributed by atoms with Gasteiger partial charge in [-0.05, 0) is 6.92 Å². The predicted molar refractivity (Wildman–Crippen MR) is 84.0 cm³/mol. The number of anilines is 2. The molecule has 1 fully saturated rings. The van der Waals surface area contributed by atoms with E-state index in [9.17, 15) is 18.0 Å². The molecule has 10 heteroatoms. The minimum atomic E-state index is -4.23. The van der Waals surface area contributed by atoms with Crippen molar-refractivity contribution in [1.82, 2.24) is 19.8 Å². The SMILES string of the molecule is CC1CN(C(=O)Nc2cnc(N(C)C)nc2)CCN1CC(F)(F)F. The van der Waals surface area contributed by atoms with Gasteiger partial charge < -0.3 is 15.1 Å². The lowest BCUT2D eigenvalue weighted by Gasteiger charge is -2.39. The summed E-state index contributed by atoms with van der Waals surface area (Å²) < 4.78 is 37.5. The molecular formula is C14H21F3N6O. The predicted octanol–water partition coefficient (Wildman–Crippen LogP) is 1.64. The van der Waals surface area contributed by atoms with Gasteiger partial charge in [-0.2, -0.15) is 13.2 Å². The Labute approximate surface area is 138 Å². The maximum Gasteiger partial charge on any atom is 0.401 e. The molecule has 0 saturated carbocycles. The van der Waals surface area contributed by atoms with E-state index in [0.717, 1.165) is 0 Å². The van der Waals surface area contributed by atoms with Crippen molar-refractivity contribution in [3.8, 4) is 0 Å². The molecule has 0 spiro atoms. The van der Waals surface area contributed by atoms with Crippen LogP contribution in [0.5, 0.6) is 0 Å². The number of nitrogens with zero attached hydrogens (tertiary/aromatic N) is 5. The Morgan fingerprint density at radius 2 is 1.96 bits per heavy atom. The number of halogens is 3. The highest BCUT2D eigenvalue weighted by Crippen LogP contribution is 2.20. The van der Waals surface area contributed by atoms with Gasteiger partial charge in [0.15, 0.2) is 0 Å². The summed E-state index contributed by atoms with van der Waals surface area (Å²) >= 11 is 0. The van der Waals surface area contributed by atoms with Crippen LogP contribution in [-0.2, 0) is 0 Å². The summed E-state index contributed by atoms with van der Waals surface area (Å²) in [5.74, 6) is 0.516. The average Bonchev–Trinajstić information content (AvgIpc) is 2.48. The molecule has 1 aliphatic heterocycles. The van der Waals surface area contributed by atoms with Gasteiger partial charge in [-0.3, -0.25) is 4.90 Å². The lowest BCUT2D eigenvalue weighted by Crippen LogP contribution is -2.56. The highest BCUT2D eigenvalue weighted by molar-refractivity contribution is 5.89. The van der Waals surface area contributed by atoms with Crippen molar-refractivity contribution in [3.05, 3.63) is 12.4 Å². The van der Waals surface area contributed by atoms with Crippen LogP contribution in [0.3, 0.4) is 0 Å². The Bertz CT molecular complexity index is 563. The number of nitrogens with one attached hydrogen (secondary N) is 1. The van der Waals surface area contributed by atoms with Crippen LogP contribution in [0.15, 0.2) is 12.4 Å². The minimum Gasteiger partial charge on any atom is -0.347 e. The van der Waals surface area contributed by atoms with Crippen molar-refractivity contribution in [2.45, 2.75) is 19.1 Å².